The third kappa shape index (κ3) is 9.30. The summed E-state index contributed by atoms with van der Waals surface area (Å²) in [6.45, 7) is 0.389. The zero-order valence-electron chi connectivity index (χ0n) is 5.01. The molecule has 5 N–H and O–H groups in total. The largest absolute Gasteiger partial charge is 0.396 e. The fourth-order valence-corrected chi connectivity index (χ4v) is 0.327. The second-order valence-corrected chi connectivity index (χ2v) is 1.31. The zero-order chi connectivity index (χ0) is 5.54. The molecule has 0 saturated heterocycles. The molecule has 3 heteroatoms. The van der Waals surface area contributed by atoms with Crippen molar-refractivity contribution in [3.63, 3.8) is 0 Å². The summed E-state index contributed by atoms with van der Waals surface area (Å²) in [6.07, 6.45) is 3.25. The van der Waals surface area contributed by atoms with Crippen LogP contribution in [0.2, 0.25) is 0 Å². The van der Waals surface area contributed by atoms with E-state index in [0.717, 1.165) is 0 Å². The van der Waals surface area contributed by atoms with E-state index < -0.39 is 0 Å². The predicted molar refractivity (Wildman–Crippen MR) is 32.7 cm³/mol. The van der Waals surface area contributed by atoms with Gasteiger partial charge < -0.3 is 16.4 Å². The van der Waals surface area contributed by atoms with Crippen molar-refractivity contribution < 1.29 is 10.2 Å². The molecule has 0 fully saturated rings. The van der Waals surface area contributed by atoms with Gasteiger partial charge in [0, 0.05) is 13.2 Å². The quantitative estimate of drug-likeness (QED) is 0.461. The van der Waals surface area contributed by atoms with Crippen molar-refractivity contribution in [2.45, 2.75) is 12.8 Å². The monoisotopic (exact) mass is 120 g/mol. The SMILES string of the molecule is N.OCC[CH]CCO. The lowest BCUT2D eigenvalue weighted by Gasteiger charge is -1.89. The molecule has 0 aromatic heterocycles. The average Bonchev–Trinajstić information content (AvgIpc) is 1.69. The van der Waals surface area contributed by atoms with Crippen LogP contribution < -0.4 is 6.15 Å². The summed E-state index contributed by atoms with van der Waals surface area (Å²) in [5, 5.41) is 16.4. The summed E-state index contributed by atoms with van der Waals surface area (Å²) < 4.78 is 0. The van der Waals surface area contributed by atoms with E-state index in [4.69, 9.17) is 10.2 Å². The van der Waals surface area contributed by atoms with Crippen molar-refractivity contribution in [1.29, 1.82) is 0 Å². The molecular formula is C5H14NO2. The summed E-state index contributed by atoms with van der Waals surface area (Å²) in [4.78, 5) is 0. The Kier molecular flexibility index (Phi) is 13.5. The number of aliphatic hydroxyl groups excluding tert-OH is 2. The Labute approximate surface area is 49.9 Å². The molecule has 0 aromatic rings. The van der Waals surface area contributed by atoms with Crippen molar-refractivity contribution in [3.8, 4) is 0 Å². The zero-order valence-corrected chi connectivity index (χ0v) is 5.01. The van der Waals surface area contributed by atoms with Crippen LogP contribution in [0.25, 0.3) is 0 Å². The fourth-order valence-electron chi connectivity index (χ4n) is 0.327. The number of aliphatic hydroxyl groups is 2. The van der Waals surface area contributed by atoms with Crippen molar-refractivity contribution in [3.05, 3.63) is 6.42 Å². The van der Waals surface area contributed by atoms with Crippen LogP contribution in [0, 0.1) is 6.42 Å². The van der Waals surface area contributed by atoms with E-state index in [1.165, 1.54) is 0 Å². The molecule has 0 unspecified atom stereocenters. The molecule has 0 spiro atoms. The fraction of sp³-hybridized carbons (Fsp3) is 0.800. The molecule has 0 saturated carbocycles. The molecule has 0 rings (SSSR count). The Morgan fingerprint density at radius 3 is 1.62 bits per heavy atom. The van der Waals surface area contributed by atoms with Crippen molar-refractivity contribution >= 4 is 0 Å². The number of unbranched alkanes of at least 4 members (excludes halogenated alkanes) is 2. The molecule has 0 heterocycles. The van der Waals surface area contributed by atoms with Gasteiger partial charge in [-0.15, -0.1) is 0 Å². The first-order valence-electron chi connectivity index (χ1n) is 2.45. The van der Waals surface area contributed by atoms with Crippen molar-refractivity contribution in [2.24, 2.45) is 0 Å². The van der Waals surface area contributed by atoms with E-state index in [1.54, 1.807) is 0 Å². The third-order valence-electron chi connectivity index (χ3n) is 0.666. The van der Waals surface area contributed by atoms with Crippen LogP contribution in [-0.2, 0) is 0 Å². The molecule has 0 aliphatic rings. The van der Waals surface area contributed by atoms with E-state index in [-0.39, 0.29) is 19.4 Å². The van der Waals surface area contributed by atoms with E-state index in [1.807, 2.05) is 6.42 Å². The van der Waals surface area contributed by atoms with Gasteiger partial charge in [-0.2, -0.15) is 0 Å². The Bertz CT molecular complexity index is 29.6. The topological polar surface area (TPSA) is 75.5 Å². The highest BCUT2D eigenvalue weighted by molar-refractivity contribution is 4.61. The molecular weight excluding hydrogens is 106 g/mol. The second kappa shape index (κ2) is 9.99. The molecule has 0 aliphatic heterocycles. The minimum Gasteiger partial charge on any atom is -0.396 e. The molecule has 0 atom stereocenters. The standard InChI is InChI=1S/C5H11O2.H3N/c6-4-2-1-3-5-7;/h1,6-7H,2-5H2;1H3. The molecule has 0 aliphatic carbocycles. The third-order valence-corrected chi connectivity index (χ3v) is 0.666. The minimum atomic E-state index is 0. The van der Waals surface area contributed by atoms with Crippen molar-refractivity contribution in [1.82, 2.24) is 6.15 Å². The van der Waals surface area contributed by atoms with Crippen LogP contribution in [0.4, 0.5) is 0 Å². The van der Waals surface area contributed by atoms with Crippen LogP contribution in [-0.4, -0.2) is 23.4 Å². The summed E-state index contributed by atoms with van der Waals surface area (Å²) >= 11 is 0. The lowest BCUT2D eigenvalue weighted by Crippen LogP contribution is -1.86. The summed E-state index contributed by atoms with van der Waals surface area (Å²) in [5.41, 5.74) is 0. The molecule has 0 amide bonds. The van der Waals surface area contributed by atoms with Gasteiger partial charge in [-0.05, 0) is 19.3 Å². The maximum atomic E-state index is 8.18. The summed E-state index contributed by atoms with van der Waals surface area (Å²) in [7, 11) is 0. The lowest BCUT2D eigenvalue weighted by atomic mass is 10.2. The van der Waals surface area contributed by atoms with Gasteiger partial charge in [-0.3, -0.25) is 0 Å². The number of hydrogen-bond acceptors (Lipinski definition) is 3. The number of rotatable bonds is 4. The van der Waals surface area contributed by atoms with Gasteiger partial charge in [0.1, 0.15) is 0 Å². The minimum absolute atomic E-state index is 0. The van der Waals surface area contributed by atoms with E-state index in [9.17, 15) is 0 Å². The van der Waals surface area contributed by atoms with Gasteiger partial charge in [-0.25, -0.2) is 0 Å². The van der Waals surface area contributed by atoms with Crippen molar-refractivity contribution in [2.75, 3.05) is 13.2 Å². The molecule has 1 radical (unpaired) electrons. The van der Waals surface area contributed by atoms with E-state index >= 15 is 0 Å². The molecule has 3 nitrogen and oxygen atoms in total. The Morgan fingerprint density at radius 2 is 1.38 bits per heavy atom. The van der Waals surface area contributed by atoms with Gasteiger partial charge in [0.25, 0.3) is 0 Å². The van der Waals surface area contributed by atoms with Gasteiger partial charge in [0.15, 0.2) is 0 Å². The van der Waals surface area contributed by atoms with E-state index in [0.29, 0.717) is 12.8 Å². The van der Waals surface area contributed by atoms with Crippen LogP contribution in [0.3, 0.4) is 0 Å². The number of hydrogen-bond donors (Lipinski definition) is 3. The lowest BCUT2D eigenvalue weighted by molar-refractivity contribution is 0.278. The molecule has 0 bridgehead atoms. The second-order valence-electron chi connectivity index (χ2n) is 1.31. The maximum absolute atomic E-state index is 8.18. The summed E-state index contributed by atoms with van der Waals surface area (Å²) in [5.74, 6) is 0. The van der Waals surface area contributed by atoms with Crippen LogP contribution >= 0.6 is 0 Å². The first-order chi connectivity index (χ1) is 3.41. The Hall–Kier alpha value is -0.120. The predicted octanol–water partition coefficient (Wildman–Crippen LogP) is 0.117. The normalized spacial score (nSPS) is 8.25. The van der Waals surface area contributed by atoms with Gasteiger partial charge in [0.05, 0.1) is 0 Å². The van der Waals surface area contributed by atoms with Gasteiger partial charge >= 0.3 is 0 Å². The highest BCUT2D eigenvalue weighted by Crippen LogP contribution is 1.88. The molecule has 8 heavy (non-hydrogen) atoms. The van der Waals surface area contributed by atoms with Gasteiger partial charge in [-0.1, -0.05) is 0 Å². The van der Waals surface area contributed by atoms with E-state index in [2.05, 4.69) is 0 Å². The average molecular weight is 120 g/mol. The van der Waals surface area contributed by atoms with Crippen LogP contribution in [0.1, 0.15) is 12.8 Å². The molecule has 51 valence electrons. The first-order valence-corrected chi connectivity index (χ1v) is 2.45. The maximum Gasteiger partial charge on any atom is 0.0433 e. The Morgan fingerprint density at radius 1 is 1.00 bits per heavy atom. The van der Waals surface area contributed by atoms with Gasteiger partial charge in [0.2, 0.25) is 0 Å². The highest BCUT2D eigenvalue weighted by atomic mass is 16.3. The van der Waals surface area contributed by atoms with Crippen LogP contribution in [0.15, 0.2) is 0 Å². The van der Waals surface area contributed by atoms with Crippen LogP contribution in [0.5, 0.6) is 0 Å². The summed E-state index contributed by atoms with van der Waals surface area (Å²) in [6, 6.07) is 0. The smallest absolute Gasteiger partial charge is 0.0433 e. The highest BCUT2D eigenvalue weighted by Gasteiger charge is 1.82. The Balaban J connectivity index is 0. The molecule has 0 aromatic carbocycles. The first kappa shape index (κ1) is 10.8.